The molecule has 9 heteroatoms. The number of rotatable bonds is 6. The average Bonchev–Trinajstić information content (AvgIpc) is 2.86. The fraction of sp³-hybridized carbons (Fsp3) is 0.240. The van der Waals surface area contributed by atoms with Crippen LogP contribution in [-0.4, -0.2) is 42.6 Å². The molecule has 0 spiro atoms. The van der Waals surface area contributed by atoms with E-state index in [1.807, 2.05) is 6.92 Å². The van der Waals surface area contributed by atoms with Crippen molar-refractivity contribution in [2.45, 2.75) is 24.7 Å². The molecular weight excluding hydrogens is 452 g/mol. The predicted octanol–water partition coefficient (Wildman–Crippen LogP) is 3.68. The number of aryl methyl sites for hydroxylation is 1. The van der Waals surface area contributed by atoms with Crippen molar-refractivity contribution in [1.82, 2.24) is 9.29 Å². The first-order valence-corrected chi connectivity index (χ1v) is 12.5. The summed E-state index contributed by atoms with van der Waals surface area (Å²) in [5.41, 5.74) is 2.51. The molecule has 34 heavy (non-hydrogen) atoms. The van der Waals surface area contributed by atoms with Crippen LogP contribution in [0.15, 0.2) is 77.8 Å². The number of hydrogen-bond acceptors (Lipinski definition) is 5. The lowest BCUT2D eigenvalue weighted by Crippen LogP contribution is -2.41. The molecule has 176 valence electrons. The maximum absolute atomic E-state index is 12.9. The van der Waals surface area contributed by atoms with Crippen molar-refractivity contribution in [3.63, 3.8) is 0 Å². The summed E-state index contributed by atoms with van der Waals surface area (Å²) in [7, 11) is -3.56. The van der Waals surface area contributed by atoms with Gasteiger partial charge in [-0.05, 0) is 68.3 Å². The second-order valence-electron chi connectivity index (χ2n) is 8.23. The molecule has 0 unspecified atom stereocenters. The first-order chi connectivity index (χ1) is 16.3. The highest BCUT2D eigenvalue weighted by Crippen LogP contribution is 2.25. The number of nitrogens with one attached hydrogen (secondary N) is 2. The van der Waals surface area contributed by atoms with E-state index in [1.54, 1.807) is 72.9 Å². The number of anilines is 2. The van der Waals surface area contributed by atoms with Crippen molar-refractivity contribution in [2.75, 3.05) is 23.7 Å². The standard InChI is InChI=1S/C25H26N4O4S/c1-18-5-11-22(12-6-18)34(32,33)29-16-13-19(14-17-29)24(30)27-20-7-9-21(10-8-20)28-25(31)23-4-2-3-15-26-23/h2-12,15,19H,13-14,16-17H2,1H3,(H,27,30)(H,28,31). The van der Waals surface area contributed by atoms with Crippen LogP contribution in [0.25, 0.3) is 0 Å². The summed E-state index contributed by atoms with van der Waals surface area (Å²) in [5.74, 6) is -0.726. The van der Waals surface area contributed by atoms with E-state index in [4.69, 9.17) is 0 Å². The van der Waals surface area contributed by atoms with Gasteiger partial charge in [0.2, 0.25) is 15.9 Å². The third-order valence-corrected chi connectivity index (χ3v) is 7.70. The van der Waals surface area contributed by atoms with Crippen LogP contribution in [0, 0.1) is 12.8 Å². The molecule has 2 N–H and O–H groups in total. The molecule has 0 atom stereocenters. The SMILES string of the molecule is Cc1ccc(S(=O)(=O)N2CCC(C(=O)Nc3ccc(NC(=O)c4ccccn4)cc3)CC2)cc1. The summed E-state index contributed by atoms with van der Waals surface area (Å²) in [6.45, 7) is 2.51. The van der Waals surface area contributed by atoms with Gasteiger partial charge in [0.15, 0.2) is 0 Å². The molecule has 3 aromatic rings. The molecule has 1 aliphatic rings. The van der Waals surface area contributed by atoms with Gasteiger partial charge in [-0.15, -0.1) is 0 Å². The van der Waals surface area contributed by atoms with Crippen molar-refractivity contribution in [3.05, 3.63) is 84.2 Å². The molecule has 2 amide bonds. The molecule has 8 nitrogen and oxygen atoms in total. The van der Waals surface area contributed by atoms with Gasteiger partial charge in [-0.25, -0.2) is 8.42 Å². The fourth-order valence-corrected chi connectivity index (χ4v) is 5.26. The van der Waals surface area contributed by atoms with Crippen LogP contribution < -0.4 is 10.6 Å². The highest BCUT2D eigenvalue weighted by atomic mass is 32.2. The number of sulfonamides is 1. The number of carbonyl (C=O) groups excluding carboxylic acids is 2. The first-order valence-electron chi connectivity index (χ1n) is 11.0. The Bertz CT molecular complexity index is 1250. The second kappa shape index (κ2) is 10.1. The van der Waals surface area contributed by atoms with Gasteiger partial charge in [-0.2, -0.15) is 4.31 Å². The van der Waals surface area contributed by atoms with E-state index >= 15 is 0 Å². The predicted molar refractivity (Wildman–Crippen MR) is 130 cm³/mol. The van der Waals surface area contributed by atoms with Crippen LogP contribution in [0.5, 0.6) is 0 Å². The van der Waals surface area contributed by atoms with Crippen molar-refractivity contribution >= 4 is 33.2 Å². The van der Waals surface area contributed by atoms with Crippen LogP contribution in [-0.2, 0) is 14.8 Å². The van der Waals surface area contributed by atoms with Gasteiger partial charge in [0, 0.05) is 36.6 Å². The van der Waals surface area contributed by atoms with Gasteiger partial charge in [0.05, 0.1) is 4.90 Å². The van der Waals surface area contributed by atoms with Gasteiger partial charge in [-0.1, -0.05) is 23.8 Å². The third-order valence-electron chi connectivity index (χ3n) is 5.79. The quantitative estimate of drug-likeness (QED) is 0.562. The van der Waals surface area contributed by atoms with Gasteiger partial charge in [0.1, 0.15) is 5.69 Å². The highest BCUT2D eigenvalue weighted by molar-refractivity contribution is 7.89. The number of benzene rings is 2. The van der Waals surface area contributed by atoms with Gasteiger partial charge in [-0.3, -0.25) is 14.6 Å². The number of nitrogens with zero attached hydrogens (tertiary/aromatic N) is 2. The van der Waals surface area contributed by atoms with Crippen LogP contribution in [0.3, 0.4) is 0 Å². The lowest BCUT2D eigenvalue weighted by molar-refractivity contribution is -0.120. The lowest BCUT2D eigenvalue weighted by atomic mass is 9.97. The normalized spacial score (nSPS) is 15.0. The van der Waals surface area contributed by atoms with Crippen LogP contribution >= 0.6 is 0 Å². The number of piperidine rings is 1. The van der Waals surface area contributed by atoms with Gasteiger partial charge >= 0.3 is 0 Å². The number of carbonyl (C=O) groups is 2. The molecule has 2 heterocycles. The van der Waals surface area contributed by atoms with Gasteiger partial charge < -0.3 is 10.6 Å². The molecule has 0 saturated carbocycles. The van der Waals surface area contributed by atoms with Crippen molar-refractivity contribution < 1.29 is 18.0 Å². The summed E-state index contributed by atoms with van der Waals surface area (Å²) in [6, 6.07) is 18.7. The van der Waals surface area contributed by atoms with E-state index in [0.717, 1.165) is 5.56 Å². The number of hydrogen-bond donors (Lipinski definition) is 2. The van der Waals surface area contributed by atoms with Gasteiger partial charge in [0.25, 0.3) is 5.91 Å². The molecule has 1 saturated heterocycles. The Labute approximate surface area is 199 Å². The maximum atomic E-state index is 12.9. The maximum Gasteiger partial charge on any atom is 0.274 e. The van der Waals surface area contributed by atoms with E-state index in [-0.39, 0.29) is 22.6 Å². The second-order valence-corrected chi connectivity index (χ2v) is 10.2. The minimum Gasteiger partial charge on any atom is -0.326 e. The summed E-state index contributed by atoms with van der Waals surface area (Å²) < 4.78 is 27.2. The molecule has 0 bridgehead atoms. The summed E-state index contributed by atoms with van der Waals surface area (Å²) >= 11 is 0. The fourth-order valence-electron chi connectivity index (χ4n) is 3.79. The first kappa shape index (κ1) is 23.6. The van der Waals surface area contributed by atoms with E-state index in [2.05, 4.69) is 15.6 Å². The molecule has 4 rings (SSSR count). The topological polar surface area (TPSA) is 108 Å². The third kappa shape index (κ3) is 5.49. The molecular formula is C25H26N4O4S. The van der Waals surface area contributed by atoms with Crippen LogP contribution in [0.1, 0.15) is 28.9 Å². The largest absolute Gasteiger partial charge is 0.326 e. The van der Waals surface area contributed by atoms with Crippen molar-refractivity contribution in [3.8, 4) is 0 Å². The molecule has 2 aromatic carbocycles. The zero-order chi connectivity index (χ0) is 24.1. The average molecular weight is 479 g/mol. The number of aromatic nitrogens is 1. The monoisotopic (exact) mass is 478 g/mol. The summed E-state index contributed by atoms with van der Waals surface area (Å²) in [6.07, 6.45) is 2.46. The summed E-state index contributed by atoms with van der Waals surface area (Å²) in [4.78, 5) is 29.2. The van der Waals surface area contributed by atoms with E-state index in [0.29, 0.717) is 43.0 Å². The Morgan fingerprint density at radius 1 is 0.882 bits per heavy atom. The smallest absolute Gasteiger partial charge is 0.274 e. The van der Waals surface area contributed by atoms with E-state index in [1.165, 1.54) is 4.31 Å². The zero-order valence-corrected chi connectivity index (χ0v) is 19.6. The van der Waals surface area contributed by atoms with Crippen molar-refractivity contribution in [1.29, 1.82) is 0 Å². The van der Waals surface area contributed by atoms with E-state index in [9.17, 15) is 18.0 Å². The summed E-state index contributed by atoms with van der Waals surface area (Å²) in [5, 5.41) is 5.64. The van der Waals surface area contributed by atoms with Crippen molar-refractivity contribution in [2.24, 2.45) is 5.92 Å². The molecule has 1 fully saturated rings. The minimum atomic E-state index is -3.56. The zero-order valence-electron chi connectivity index (χ0n) is 18.8. The van der Waals surface area contributed by atoms with Crippen LogP contribution in [0.4, 0.5) is 11.4 Å². The minimum absolute atomic E-state index is 0.141. The molecule has 0 radical (unpaired) electrons. The Morgan fingerprint density at radius 3 is 2.09 bits per heavy atom. The Balaban J connectivity index is 1.30. The van der Waals surface area contributed by atoms with E-state index < -0.39 is 10.0 Å². The number of amides is 2. The molecule has 1 aliphatic heterocycles. The highest BCUT2D eigenvalue weighted by Gasteiger charge is 2.32. The lowest BCUT2D eigenvalue weighted by Gasteiger charge is -2.30. The Hall–Kier alpha value is -3.56. The number of pyridine rings is 1. The Morgan fingerprint density at radius 2 is 1.50 bits per heavy atom. The van der Waals surface area contributed by atoms with Crippen LogP contribution in [0.2, 0.25) is 0 Å². The molecule has 1 aromatic heterocycles. The molecule has 0 aliphatic carbocycles. The Kier molecular flexibility index (Phi) is 7.04.